The van der Waals surface area contributed by atoms with Crippen LogP contribution in [0.25, 0.3) is 0 Å². The molecule has 1 N–H and O–H groups in total. The Kier molecular flexibility index (Phi) is 2.98. The first-order valence-corrected chi connectivity index (χ1v) is 7.24. The molecule has 1 aliphatic heterocycles. The zero-order valence-electron chi connectivity index (χ0n) is 11.6. The lowest BCUT2D eigenvalue weighted by atomic mass is 9.82. The number of alkyl halides is 2. The highest BCUT2D eigenvalue weighted by molar-refractivity contribution is 6.06. The number of carbonyl (C=O) groups is 2. The van der Waals surface area contributed by atoms with E-state index in [9.17, 15) is 18.4 Å². The van der Waals surface area contributed by atoms with Gasteiger partial charge in [-0.05, 0) is 25.7 Å². The highest BCUT2D eigenvalue weighted by Gasteiger charge is 2.58. The Morgan fingerprint density at radius 1 is 1.10 bits per heavy atom. The molecule has 2 amide bonds. The summed E-state index contributed by atoms with van der Waals surface area (Å²) < 4.78 is 25.9. The van der Waals surface area contributed by atoms with E-state index in [-0.39, 0.29) is 0 Å². The molecule has 0 atom stereocenters. The number of nitrogens with one attached hydrogen (secondary N) is 1. The van der Waals surface area contributed by atoms with Crippen molar-refractivity contribution in [3.05, 3.63) is 0 Å². The third-order valence-corrected chi connectivity index (χ3v) is 4.75. The molecule has 3 aliphatic rings. The van der Waals surface area contributed by atoms with Crippen molar-refractivity contribution in [1.82, 2.24) is 10.2 Å². The van der Waals surface area contributed by atoms with Crippen LogP contribution in [0.15, 0.2) is 0 Å². The van der Waals surface area contributed by atoms with Crippen LogP contribution in [-0.4, -0.2) is 41.3 Å². The van der Waals surface area contributed by atoms with Crippen LogP contribution in [0.4, 0.5) is 8.78 Å². The van der Waals surface area contributed by atoms with Gasteiger partial charge in [-0.15, -0.1) is 0 Å². The summed E-state index contributed by atoms with van der Waals surface area (Å²) in [6, 6.07) is 2.06. The molecule has 3 fully saturated rings. The van der Waals surface area contributed by atoms with Crippen molar-refractivity contribution in [2.24, 2.45) is 5.41 Å². The number of hydrogen-bond acceptors (Lipinski definition) is 3. The minimum Gasteiger partial charge on any atom is -0.337 e. The van der Waals surface area contributed by atoms with E-state index in [1.165, 1.54) is 0 Å². The minimum atomic E-state index is -2.84. The van der Waals surface area contributed by atoms with Crippen molar-refractivity contribution < 1.29 is 18.4 Å². The Bertz CT molecular complexity index is 523. The third kappa shape index (κ3) is 2.27. The standard InChI is InChI=1S/C14H17F2N3O2/c15-14(16)8-19(9-14)11(21)13(3-1-2-4-13)10(20)18-12(7-17)5-6-12/h1-6,8-9H2,(H,18,20). The van der Waals surface area contributed by atoms with Gasteiger partial charge in [-0.1, -0.05) is 12.8 Å². The molecule has 114 valence electrons. The van der Waals surface area contributed by atoms with E-state index in [1.54, 1.807) is 0 Å². The molecule has 0 radical (unpaired) electrons. The van der Waals surface area contributed by atoms with Gasteiger partial charge in [0.05, 0.1) is 19.2 Å². The Morgan fingerprint density at radius 3 is 2.10 bits per heavy atom. The van der Waals surface area contributed by atoms with E-state index in [2.05, 4.69) is 11.4 Å². The van der Waals surface area contributed by atoms with Crippen molar-refractivity contribution >= 4 is 11.8 Å². The summed E-state index contributed by atoms with van der Waals surface area (Å²) >= 11 is 0. The number of carbonyl (C=O) groups excluding carboxylic acids is 2. The molecule has 0 bridgehead atoms. The minimum absolute atomic E-state index is 0.376. The zero-order valence-corrected chi connectivity index (χ0v) is 11.6. The SMILES string of the molecule is N#CC1(NC(=O)C2(C(=O)N3CC(F)(F)C3)CCCC2)CC1. The monoisotopic (exact) mass is 297 g/mol. The van der Waals surface area contributed by atoms with Crippen molar-refractivity contribution in [2.75, 3.05) is 13.1 Å². The molecular formula is C14H17F2N3O2. The van der Waals surface area contributed by atoms with Gasteiger partial charge < -0.3 is 10.2 Å². The Hall–Kier alpha value is -1.71. The summed E-state index contributed by atoms with van der Waals surface area (Å²) in [7, 11) is 0. The summed E-state index contributed by atoms with van der Waals surface area (Å²) in [6.45, 7) is -1.21. The predicted octanol–water partition coefficient (Wildman–Crippen LogP) is 1.20. The molecule has 0 aromatic heterocycles. The van der Waals surface area contributed by atoms with Crippen LogP contribution in [0, 0.1) is 16.7 Å². The van der Waals surface area contributed by atoms with Crippen LogP contribution in [0.1, 0.15) is 38.5 Å². The fraction of sp³-hybridized carbons (Fsp3) is 0.786. The number of amides is 2. The van der Waals surface area contributed by atoms with Crippen molar-refractivity contribution in [2.45, 2.75) is 50.0 Å². The van der Waals surface area contributed by atoms with E-state index in [0.717, 1.165) is 17.7 Å². The molecule has 1 saturated heterocycles. The quantitative estimate of drug-likeness (QED) is 0.795. The van der Waals surface area contributed by atoms with Gasteiger partial charge in [0.25, 0.3) is 5.92 Å². The summed E-state index contributed by atoms with van der Waals surface area (Å²) in [4.78, 5) is 26.1. The van der Waals surface area contributed by atoms with Crippen LogP contribution in [0.5, 0.6) is 0 Å². The van der Waals surface area contributed by atoms with Crippen molar-refractivity contribution in [1.29, 1.82) is 5.26 Å². The average molecular weight is 297 g/mol. The topological polar surface area (TPSA) is 73.2 Å². The Balaban J connectivity index is 1.75. The maximum absolute atomic E-state index is 13.0. The molecule has 2 saturated carbocycles. The molecule has 0 spiro atoms. The first kappa shape index (κ1) is 14.2. The van der Waals surface area contributed by atoms with E-state index in [4.69, 9.17) is 5.26 Å². The number of halogens is 2. The normalized spacial score (nSPS) is 27.4. The second kappa shape index (κ2) is 4.39. The van der Waals surface area contributed by atoms with Crippen LogP contribution < -0.4 is 5.32 Å². The summed E-state index contributed by atoms with van der Waals surface area (Å²) in [5.41, 5.74) is -2.09. The van der Waals surface area contributed by atoms with Crippen LogP contribution in [0.2, 0.25) is 0 Å². The van der Waals surface area contributed by atoms with Crippen molar-refractivity contribution in [3.8, 4) is 6.07 Å². The molecule has 0 aromatic rings. The molecule has 7 heteroatoms. The maximum atomic E-state index is 13.0. The largest absolute Gasteiger partial charge is 0.337 e. The van der Waals surface area contributed by atoms with Crippen LogP contribution in [0.3, 0.4) is 0 Å². The van der Waals surface area contributed by atoms with Crippen molar-refractivity contribution in [3.63, 3.8) is 0 Å². The first-order valence-electron chi connectivity index (χ1n) is 7.24. The highest BCUT2D eigenvalue weighted by atomic mass is 19.3. The third-order valence-electron chi connectivity index (χ3n) is 4.75. The van der Waals surface area contributed by atoms with Gasteiger partial charge in [-0.25, -0.2) is 8.78 Å². The molecule has 21 heavy (non-hydrogen) atoms. The van der Waals surface area contributed by atoms with Gasteiger partial charge in [0.1, 0.15) is 11.0 Å². The van der Waals surface area contributed by atoms with E-state index in [0.29, 0.717) is 25.7 Å². The van der Waals surface area contributed by atoms with Gasteiger partial charge in [0.2, 0.25) is 11.8 Å². The lowest BCUT2D eigenvalue weighted by molar-refractivity contribution is -0.177. The molecular weight excluding hydrogens is 280 g/mol. The molecule has 0 aromatic carbocycles. The van der Waals surface area contributed by atoms with E-state index < -0.39 is 41.8 Å². The highest BCUT2D eigenvalue weighted by Crippen LogP contribution is 2.44. The van der Waals surface area contributed by atoms with Crippen LogP contribution >= 0.6 is 0 Å². The molecule has 5 nitrogen and oxygen atoms in total. The maximum Gasteiger partial charge on any atom is 0.282 e. The van der Waals surface area contributed by atoms with Gasteiger partial charge in [0, 0.05) is 0 Å². The Labute approximate surface area is 121 Å². The smallest absolute Gasteiger partial charge is 0.282 e. The number of rotatable bonds is 3. The zero-order chi connectivity index (χ0) is 15.3. The fourth-order valence-corrected chi connectivity index (χ4v) is 3.20. The molecule has 1 heterocycles. The van der Waals surface area contributed by atoms with Crippen LogP contribution in [-0.2, 0) is 9.59 Å². The van der Waals surface area contributed by atoms with Gasteiger partial charge in [-0.2, -0.15) is 5.26 Å². The predicted molar refractivity (Wildman–Crippen MR) is 68.1 cm³/mol. The molecule has 0 unspecified atom stereocenters. The van der Waals surface area contributed by atoms with E-state index in [1.807, 2.05) is 0 Å². The Morgan fingerprint density at radius 2 is 1.67 bits per heavy atom. The number of likely N-dealkylation sites (tertiary alicyclic amines) is 1. The molecule has 3 rings (SSSR count). The van der Waals surface area contributed by atoms with Gasteiger partial charge >= 0.3 is 0 Å². The van der Waals surface area contributed by atoms with Gasteiger partial charge in [-0.3, -0.25) is 9.59 Å². The number of nitrogens with zero attached hydrogens (tertiary/aromatic N) is 2. The molecule has 2 aliphatic carbocycles. The summed E-state index contributed by atoms with van der Waals surface area (Å²) in [5, 5.41) is 11.7. The number of nitriles is 1. The lowest BCUT2D eigenvalue weighted by Gasteiger charge is -2.43. The summed E-state index contributed by atoms with van der Waals surface area (Å²) in [5.74, 6) is -3.80. The summed E-state index contributed by atoms with van der Waals surface area (Å²) in [6.07, 6.45) is 3.37. The second-order valence-corrected chi connectivity index (χ2v) is 6.45. The second-order valence-electron chi connectivity index (χ2n) is 6.45. The fourth-order valence-electron chi connectivity index (χ4n) is 3.20. The first-order chi connectivity index (χ1) is 9.83. The number of hydrogen-bond donors (Lipinski definition) is 1. The van der Waals surface area contributed by atoms with Gasteiger partial charge in [0.15, 0.2) is 0 Å². The lowest BCUT2D eigenvalue weighted by Crippen LogP contribution is -2.64. The van der Waals surface area contributed by atoms with E-state index >= 15 is 0 Å². The average Bonchev–Trinajstić information content (AvgIpc) is 3.00.